The number of benzene rings is 1. The molecule has 6 nitrogen and oxygen atoms in total. The standard InChI is InChI=1S/C18H25ClN2O4/c1-11(2)6-7-25-17-14(19)8-12(9-15(17)24-3)18(23)20-10-16(22)21-13-4-5-13/h8-9,11,13H,4-7,10H2,1-3H3,(H,20,23)(H,21,22). The van der Waals surface area contributed by atoms with Crippen LogP contribution in [-0.4, -0.2) is 38.1 Å². The molecule has 0 aliphatic heterocycles. The molecule has 0 atom stereocenters. The largest absolute Gasteiger partial charge is 0.493 e. The molecule has 1 fully saturated rings. The van der Waals surface area contributed by atoms with E-state index in [0.29, 0.717) is 34.6 Å². The van der Waals surface area contributed by atoms with Crippen molar-refractivity contribution in [3.05, 3.63) is 22.7 Å². The van der Waals surface area contributed by atoms with Crippen LogP contribution < -0.4 is 20.1 Å². The molecule has 1 aliphatic rings. The molecular weight excluding hydrogens is 344 g/mol. The lowest BCUT2D eigenvalue weighted by atomic mass is 10.1. The molecule has 1 aromatic carbocycles. The lowest BCUT2D eigenvalue weighted by Crippen LogP contribution is -2.37. The number of methoxy groups -OCH3 is 1. The van der Waals surface area contributed by atoms with Gasteiger partial charge in [-0.1, -0.05) is 25.4 Å². The fourth-order valence-electron chi connectivity index (χ4n) is 2.16. The van der Waals surface area contributed by atoms with Crippen LogP contribution in [0.5, 0.6) is 11.5 Å². The molecule has 2 rings (SSSR count). The zero-order valence-corrected chi connectivity index (χ0v) is 15.6. The van der Waals surface area contributed by atoms with E-state index in [4.69, 9.17) is 21.1 Å². The van der Waals surface area contributed by atoms with E-state index >= 15 is 0 Å². The normalized spacial score (nSPS) is 13.5. The summed E-state index contributed by atoms with van der Waals surface area (Å²) in [6.45, 7) is 4.66. The number of rotatable bonds is 9. The number of halogens is 1. The maximum absolute atomic E-state index is 12.2. The molecule has 1 aliphatic carbocycles. The monoisotopic (exact) mass is 368 g/mol. The fraction of sp³-hybridized carbons (Fsp3) is 0.556. The molecule has 138 valence electrons. The summed E-state index contributed by atoms with van der Waals surface area (Å²) >= 11 is 6.25. The summed E-state index contributed by atoms with van der Waals surface area (Å²) in [6.07, 6.45) is 2.90. The third-order valence-corrected chi connectivity index (χ3v) is 4.07. The first-order valence-electron chi connectivity index (χ1n) is 8.48. The molecule has 0 heterocycles. The van der Waals surface area contributed by atoms with Crippen LogP contribution in [0.15, 0.2) is 12.1 Å². The molecule has 0 aromatic heterocycles. The average Bonchev–Trinajstić information content (AvgIpc) is 3.37. The zero-order chi connectivity index (χ0) is 18.4. The Morgan fingerprint density at radius 3 is 2.64 bits per heavy atom. The number of hydrogen-bond donors (Lipinski definition) is 2. The lowest BCUT2D eigenvalue weighted by Gasteiger charge is -2.15. The first kappa shape index (κ1) is 19.4. The zero-order valence-electron chi connectivity index (χ0n) is 14.9. The van der Waals surface area contributed by atoms with Crippen LogP contribution in [0.1, 0.15) is 43.5 Å². The van der Waals surface area contributed by atoms with Crippen molar-refractivity contribution in [3.8, 4) is 11.5 Å². The number of ether oxygens (including phenoxy) is 2. The summed E-state index contributed by atoms with van der Waals surface area (Å²) in [5.41, 5.74) is 0.317. The maximum Gasteiger partial charge on any atom is 0.251 e. The second-order valence-electron chi connectivity index (χ2n) is 6.54. The Morgan fingerprint density at radius 2 is 2.04 bits per heavy atom. The minimum absolute atomic E-state index is 0.0676. The van der Waals surface area contributed by atoms with Crippen LogP contribution in [0.2, 0.25) is 5.02 Å². The Bertz CT molecular complexity index is 630. The molecular formula is C18H25ClN2O4. The highest BCUT2D eigenvalue weighted by atomic mass is 35.5. The van der Waals surface area contributed by atoms with E-state index in [1.54, 1.807) is 6.07 Å². The van der Waals surface area contributed by atoms with E-state index in [2.05, 4.69) is 24.5 Å². The highest BCUT2D eigenvalue weighted by Gasteiger charge is 2.23. The molecule has 0 spiro atoms. The highest BCUT2D eigenvalue weighted by Crippen LogP contribution is 2.36. The van der Waals surface area contributed by atoms with E-state index in [1.165, 1.54) is 13.2 Å². The highest BCUT2D eigenvalue weighted by molar-refractivity contribution is 6.32. The predicted octanol–water partition coefficient (Wildman–Crippen LogP) is 2.78. The molecule has 0 saturated heterocycles. The van der Waals surface area contributed by atoms with E-state index in [1.807, 2.05) is 0 Å². The van der Waals surface area contributed by atoms with Crippen LogP contribution in [0.25, 0.3) is 0 Å². The van der Waals surface area contributed by atoms with Gasteiger partial charge in [0.25, 0.3) is 5.91 Å². The van der Waals surface area contributed by atoms with Gasteiger partial charge < -0.3 is 20.1 Å². The number of carbonyl (C=O) groups excluding carboxylic acids is 2. The van der Waals surface area contributed by atoms with E-state index in [-0.39, 0.29) is 24.4 Å². The second-order valence-corrected chi connectivity index (χ2v) is 6.95. The lowest BCUT2D eigenvalue weighted by molar-refractivity contribution is -0.120. The maximum atomic E-state index is 12.2. The summed E-state index contributed by atoms with van der Waals surface area (Å²) in [7, 11) is 1.49. The van der Waals surface area contributed by atoms with Crippen LogP contribution in [0.4, 0.5) is 0 Å². The predicted molar refractivity (Wildman–Crippen MR) is 96.5 cm³/mol. The Labute approximate surface area is 153 Å². The summed E-state index contributed by atoms with van der Waals surface area (Å²) in [5, 5.41) is 5.70. The molecule has 0 bridgehead atoms. The minimum Gasteiger partial charge on any atom is -0.493 e. The van der Waals surface area contributed by atoms with Crippen molar-refractivity contribution >= 4 is 23.4 Å². The van der Waals surface area contributed by atoms with Crippen molar-refractivity contribution in [1.29, 1.82) is 0 Å². The van der Waals surface area contributed by atoms with Crippen molar-refractivity contribution in [1.82, 2.24) is 10.6 Å². The smallest absolute Gasteiger partial charge is 0.251 e. The fourth-order valence-corrected chi connectivity index (χ4v) is 2.42. The summed E-state index contributed by atoms with van der Waals surface area (Å²) in [6, 6.07) is 3.34. The summed E-state index contributed by atoms with van der Waals surface area (Å²) in [4.78, 5) is 23.9. The van der Waals surface area contributed by atoms with Gasteiger partial charge in [-0.2, -0.15) is 0 Å². The van der Waals surface area contributed by atoms with Gasteiger partial charge in [-0.3, -0.25) is 9.59 Å². The van der Waals surface area contributed by atoms with Gasteiger partial charge in [0.15, 0.2) is 11.5 Å². The second kappa shape index (κ2) is 8.94. The summed E-state index contributed by atoms with van der Waals surface area (Å²) < 4.78 is 11.0. The molecule has 0 radical (unpaired) electrons. The van der Waals surface area contributed by atoms with Gasteiger partial charge in [-0.05, 0) is 37.3 Å². The SMILES string of the molecule is COc1cc(C(=O)NCC(=O)NC2CC2)cc(Cl)c1OCCC(C)C. The molecule has 7 heteroatoms. The number of carbonyl (C=O) groups is 2. The van der Waals surface area contributed by atoms with E-state index in [9.17, 15) is 9.59 Å². The number of nitrogens with one attached hydrogen (secondary N) is 2. The molecule has 0 unspecified atom stereocenters. The van der Waals surface area contributed by atoms with Gasteiger partial charge in [-0.15, -0.1) is 0 Å². The quantitative estimate of drug-likeness (QED) is 0.702. The Kier molecular flexibility index (Phi) is 6.93. The van der Waals surface area contributed by atoms with Gasteiger partial charge >= 0.3 is 0 Å². The molecule has 1 aromatic rings. The van der Waals surface area contributed by atoms with Crippen LogP contribution in [-0.2, 0) is 4.79 Å². The van der Waals surface area contributed by atoms with Crippen LogP contribution >= 0.6 is 11.6 Å². The van der Waals surface area contributed by atoms with Gasteiger partial charge in [-0.25, -0.2) is 0 Å². The molecule has 2 N–H and O–H groups in total. The Balaban J connectivity index is 1.98. The third kappa shape index (κ3) is 6.12. The Hall–Kier alpha value is -1.95. The van der Waals surface area contributed by atoms with Gasteiger partial charge in [0, 0.05) is 11.6 Å². The Morgan fingerprint density at radius 1 is 1.32 bits per heavy atom. The van der Waals surface area contributed by atoms with E-state index < -0.39 is 0 Å². The number of amides is 2. The van der Waals surface area contributed by atoms with Crippen molar-refractivity contribution in [2.24, 2.45) is 5.92 Å². The van der Waals surface area contributed by atoms with E-state index in [0.717, 1.165) is 19.3 Å². The first-order valence-corrected chi connectivity index (χ1v) is 8.86. The molecule has 25 heavy (non-hydrogen) atoms. The first-order chi connectivity index (χ1) is 11.9. The van der Waals surface area contributed by atoms with Crippen molar-refractivity contribution < 1.29 is 19.1 Å². The molecule has 1 saturated carbocycles. The van der Waals surface area contributed by atoms with Crippen molar-refractivity contribution in [2.45, 2.75) is 39.2 Å². The average molecular weight is 369 g/mol. The third-order valence-electron chi connectivity index (χ3n) is 3.79. The summed E-state index contributed by atoms with van der Waals surface area (Å²) in [5.74, 6) is 0.746. The van der Waals surface area contributed by atoms with Crippen LogP contribution in [0, 0.1) is 5.92 Å². The minimum atomic E-state index is -0.389. The van der Waals surface area contributed by atoms with Crippen molar-refractivity contribution in [2.75, 3.05) is 20.3 Å². The topological polar surface area (TPSA) is 76.7 Å². The molecule has 2 amide bonds. The van der Waals surface area contributed by atoms with Gasteiger partial charge in [0.2, 0.25) is 5.91 Å². The van der Waals surface area contributed by atoms with Gasteiger partial charge in [0.1, 0.15) is 0 Å². The number of hydrogen-bond acceptors (Lipinski definition) is 4. The van der Waals surface area contributed by atoms with Crippen LogP contribution in [0.3, 0.4) is 0 Å². The van der Waals surface area contributed by atoms with Gasteiger partial charge in [0.05, 0.1) is 25.3 Å². The van der Waals surface area contributed by atoms with Crippen molar-refractivity contribution in [3.63, 3.8) is 0 Å².